The highest BCUT2D eigenvalue weighted by molar-refractivity contribution is 7.15. The quantitative estimate of drug-likeness (QED) is 0.395. The molecule has 0 fully saturated rings. The molecule has 1 aromatic heterocycles. The topological polar surface area (TPSA) is 101 Å². The van der Waals surface area contributed by atoms with E-state index >= 15 is 0 Å². The monoisotopic (exact) mass is 468 g/mol. The third-order valence-electron chi connectivity index (χ3n) is 4.96. The normalized spacial score (nSPS) is 11.6. The third kappa shape index (κ3) is 7.32. The van der Waals surface area contributed by atoms with Gasteiger partial charge in [-0.05, 0) is 50.8 Å². The first-order valence-corrected chi connectivity index (χ1v) is 11.6. The average molecular weight is 469 g/mol. The highest BCUT2D eigenvalue weighted by Crippen LogP contribution is 2.28. The van der Waals surface area contributed by atoms with Gasteiger partial charge >= 0.3 is 6.16 Å². The first-order valence-electron chi connectivity index (χ1n) is 10.8. The van der Waals surface area contributed by atoms with E-state index in [1.807, 2.05) is 42.5 Å². The van der Waals surface area contributed by atoms with Gasteiger partial charge in [-0.15, -0.1) is 11.3 Å². The second kappa shape index (κ2) is 12.0. The SMILES string of the molecule is CCOC(=O)O[C@H](CCCc1ccc(OCc2nc(-c3ccccc3)sc2C)cc1)C(N)=O. The maximum atomic E-state index is 11.5. The summed E-state index contributed by atoms with van der Waals surface area (Å²) in [6, 6.07) is 17.9. The van der Waals surface area contributed by atoms with Crippen molar-refractivity contribution in [3.8, 4) is 16.3 Å². The van der Waals surface area contributed by atoms with Gasteiger partial charge in [0, 0.05) is 10.4 Å². The molecule has 0 aliphatic rings. The largest absolute Gasteiger partial charge is 0.509 e. The summed E-state index contributed by atoms with van der Waals surface area (Å²) < 4.78 is 15.6. The molecule has 7 nitrogen and oxygen atoms in total. The highest BCUT2D eigenvalue weighted by atomic mass is 32.1. The molecule has 0 bridgehead atoms. The second-order valence-electron chi connectivity index (χ2n) is 7.40. The molecular weight excluding hydrogens is 440 g/mol. The molecule has 0 spiro atoms. The van der Waals surface area contributed by atoms with Gasteiger partial charge < -0.3 is 19.9 Å². The number of amides is 1. The van der Waals surface area contributed by atoms with E-state index in [1.165, 1.54) is 0 Å². The third-order valence-corrected chi connectivity index (χ3v) is 6.02. The van der Waals surface area contributed by atoms with Gasteiger partial charge in [0.25, 0.3) is 5.91 Å². The highest BCUT2D eigenvalue weighted by Gasteiger charge is 2.20. The molecule has 2 N–H and O–H groups in total. The maximum Gasteiger partial charge on any atom is 0.509 e. The maximum absolute atomic E-state index is 11.5. The number of carbonyl (C=O) groups is 2. The van der Waals surface area contributed by atoms with Crippen LogP contribution in [0, 0.1) is 6.92 Å². The summed E-state index contributed by atoms with van der Waals surface area (Å²) in [6.45, 7) is 4.29. The molecule has 0 saturated carbocycles. The van der Waals surface area contributed by atoms with Gasteiger partial charge in [-0.3, -0.25) is 4.79 Å². The number of nitrogens with zero attached hydrogens (tertiary/aromatic N) is 1. The Bertz CT molecular complexity index is 1050. The number of carbonyl (C=O) groups excluding carboxylic acids is 2. The van der Waals surface area contributed by atoms with E-state index in [2.05, 4.69) is 19.1 Å². The number of benzene rings is 2. The van der Waals surface area contributed by atoms with Gasteiger partial charge in [-0.1, -0.05) is 42.5 Å². The zero-order chi connectivity index (χ0) is 23.6. The second-order valence-corrected chi connectivity index (χ2v) is 8.61. The van der Waals surface area contributed by atoms with Crippen LogP contribution in [-0.4, -0.2) is 29.8 Å². The predicted molar refractivity (Wildman–Crippen MR) is 127 cm³/mol. The van der Waals surface area contributed by atoms with Crippen molar-refractivity contribution in [2.45, 2.75) is 45.8 Å². The van der Waals surface area contributed by atoms with Gasteiger partial charge in [-0.25, -0.2) is 9.78 Å². The minimum atomic E-state index is -0.992. The van der Waals surface area contributed by atoms with Crippen molar-refractivity contribution in [3.63, 3.8) is 0 Å². The van der Waals surface area contributed by atoms with Gasteiger partial charge in [0.15, 0.2) is 6.10 Å². The Hall–Kier alpha value is -3.39. The molecule has 3 rings (SSSR count). The Kier molecular flexibility index (Phi) is 8.83. The minimum absolute atomic E-state index is 0.176. The summed E-state index contributed by atoms with van der Waals surface area (Å²) in [4.78, 5) is 28.8. The molecule has 0 saturated heterocycles. The lowest BCUT2D eigenvalue weighted by Gasteiger charge is -2.14. The van der Waals surface area contributed by atoms with Gasteiger partial charge in [0.2, 0.25) is 0 Å². The fraction of sp³-hybridized carbons (Fsp3) is 0.320. The first-order chi connectivity index (χ1) is 16.0. The predicted octanol–water partition coefficient (Wildman–Crippen LogP) is 5.05. The van der Waals surface area contributed by atoms with E-state index in [1.54, 1.807) is 18.3 Å². The van der Waals surface area contributed by atoms with E-state index in [-0.39, 0.29) is 6.61 Å². The van der Waals surface area contributed by atoms with E-state index < -0.39 is 18.2 Å². The molecule has 1 atom stereocenters. The average Bonchev–Trinajstić information content (AvgIpc) is 3.19. The van der Waals surface area contributed by atoms with Crippen molar-refractivity contribution in [2.75, 3.05) is 6.61 Å². The lowest BCUT2D eigenvalue weighted by Crippen LogP contribution is -2.33. The lowest BCUT2D eigenvalue weighted by molar-refractivity contribution is -0.128. The molecular formula is C25H28N2O5S. The molecule has 0 aliphatic heterocycles. The van der Waals surface area contributed by atoms with Crippen LogP contribution in [-0.2, 0) is 27.3 Å². The van der Waals surface area contributed by atoms with Crippen molar-refractivity contribution >= 4 is 23.4 Å². The number of primary amides is 1. The summed E-state index contributed by atoms with van der Waals surface area (Å²) in [5, 5.41) is 0.989. The fourth-order valence-electron chi connectivity index (χ4n) is 3.19. The van der Waals surface area contributed by atoms with Crippen LogP contribution in [0.3, 0.4) is 0 Å². The lowest BCUT2D eigenvalue weighted by atomic mass is 10.1. The van der Waals surface area contributed by atoms with Crippen molar-refractivity contribution in [1.29, 1.82) is 0 Å². The number of hydrogen-bond acceptors (Lipinski definition) is 7. The number of nitrogens with two attached hydrogens (primary N) is 1. The Morgan fingerprint density at radius 3 is 2.48 bits per heavy atom. The minimum Gasteiger partial charge on any atom is -0.487 e. The molecule has 174 valence electrons. The van der Waals surface area contributed by atoms with Crippen LogP contribution in [0.1, 0.15) is 35.9 Å². The molecule has 2 aromatic carbocycles. The zero-order valence-electron chi connectivity index (χ0n) is 18.8. The van der Waals surface area contributed by atoms with Crippen LogP contribution in [0.15, 0.2) is 54.6 Å². The molecule has 0 radical (unpaired) electrons. The Labute approximate surface area is 197 Å². The van der Waals surface area contributed by atoms with Gasteiger partial charge in [-0.2, -0.15) is 0 Å². The number of ether oxygens (including phenoxy) is 3. The molecule has 33 heavy (non-hydrogen) atoms. The van der Waals surface area contributed by atoms with Crippen molar-refractivity contribution in [2.24, 2.45) is 5.73 Å². The van der Waals surface area contributed by atoms with Crippen molar-refractivity contribution in [1.82, 2.24) is 4.98 Å². The zero-order valence-corrected chi connectivity index (χ0v) is 19.6. The number of thiazole rings is 1. The first kappa shape index (κ1) is 24.3. The Morgan fingerprint density at radius 2 is 1.82 bits per heavy atom. The summed E-state index contributed by atoms with van der Waals surface area (Å²) in [7, 11) is 0. The summed E-state index contributed by atoms with van der Waals surface area (Å²) in [5.41, 5.74) is 8.43. The van der Waals surface area contributed by atoms with Crippen LogP contribution in [0.5, 0.6) is 5.75 Å². The van der Waals surface area contributed by atoms with E-state index in [9.17, 15) is 9.59 Å². The van der Waals surface area contributed by atoms with Crippen LogP contribution in [0.4, 0.5) is 4.79 Å². The smallest absolute Gasteiger partial charge is 0.487 e. The van der Waals surface area contributed by atoms with Crippen LogP contribution < -0.4 is 10.5 Å². The molecule has 8 heteroatoms. The van der Waals surface area contributed by atoms with Crippen molar-refractivity contribution in [3.05, 3.63) is 70.7 Å². The molecule has 0 unspecified atom stereocenters. The van der Waals surface area contributed by atoms with E-state index in [4.69, 9.17) is 24.9 Å². The van der Waals surface area contributed by atoms with Crippen LogP contribution >= 0.6 is 11.3 Å². The number of hydrogen-bond donors (Lipinski definition) is 1. The summed E-state index contributed by atoms with van der Waals surface area (Å²) in [5.74, 6) is 0.0765. The van der Waals surface area contributed by atoms with Crippen LogP contribution in [0.2, 0.25) is 0 Å². The number of aromatic nitrogens is 1. The molecule has 1 heterocycles. The van der Waals surface area contributed by atoms with E-state index in [0.29, 0.717) is 25.9 Å². The van der Waals surface area contributed by atoms with Crippen LogP contribution in [0.25, 0.3) is 10.6 Å². The Morgan fingerprint density at radius 1 is 1.09 bits per heavy atom. The fourth-order valence-corrected chi connectivity index (χ4v) is 4.11. The number of aryl methyl sites for hydroxylation is 2. The number of rotatable bonds is 11. The Balaban J connectivity index is 1.48. The van der Waals surface area contributed by atoms with E-state index in [0.717, 1.165) is 32.5 Å². The summed E-state index contributed by atoms with van der Waals surface area (Å²) >= 11 is 1.66. The molecule has 0 aliphatic carbocycles. The summed E-state index contributed by atoms with van der Waals surface area (Å²) in [6.07, 6.45) is -0.197. The van der Waals surface area contributed by atoms with Gasteiger partial charge in [0.1, 0.15) is 17.4 Å². The van der Waals surface area contributed by atoms with Crippen molar-refractivity contribution < 1.29 is 23.8 Å². The molecule has 3 aromatic rings. The van der Waals surface area contributed by atoms with Gasteiger partial charge in [0.05, 0.1) is 12.3 Å². The molecule has 1 amide bonds. The standard InChI is InChI=1S/C25H28N2O5S/c1-3-30-25(29)32-22(23(26)28)11-7-8-18-12-14-20(15-13-18)31-16-21-17(2)33-24(27-21)19-9-5-4-6-10-19/h4-6,9-10,12-15,22H,3,7-8,11,16H2,1-2H3,(H2,26,28)/t22-/m1/s1.